The molecule has 0 saturated heterocycles. The first kappa shape index (κ1) is 16.9. The summed E-state index contributed by atoms with van der Waals surface area (Å²) in [5, 5.41) is 0. The maximum Gasteiger partial charge on any atom is 0.0221 e. The molecule has 1 unspecified atom stereocenters. The monoisotopic (exact) mass is 269 g/mol. The van der Waals surface area contributed by atoms with Crippen LogP contribution in [0.15, 0.2) is 0 Å². The Labute approximate surface area is 120 Å². The predicted octanol–water partition coefficient (Wildman–Crippen LogP) is 2.56. The van der Waals surface area contributed by atoms with Crippen LogP contribution in [-0.2, 0) is 0 Å². The lowest BCUT2D eigenvalue weighted by molar-refractivity contribution is 0.148. The van der Waals surface area contributed by atoms with E-state index in [1.807, 2.05) is 0 Å². The summed E-state index contributed by atoms with van der Waals surface area (Å²) in [5.41, 5.74) is 6.07. The summed E-state index contributed by atoms with van der Waals surface area (Å²) in [6, 6.07) is 0.600. The van der Waals surface area contributed by atoms with Gasteiger partial charge >= 0.3 is 0 Å². The normalized spacial score (nSPS) is 19.3. The van der Waals surface area contributed by atoms with Crippen LogP contribution < -0.4 is 5.73 Å². The summed E-state index contributed by atoms with van der Waals surface area (Å²) >= 11 is 0. The molecule has 1 fully saturated rings. The number of nitrogens with two attached hydrogens (primary N) is 1. The van der Waals surface area contributed by atoms with Crippen molar-refractivity contribution >= 4 is 0 Å². The Kier molecular flexibility index (Phi) is 8.67. The molecule has 0 radical (unpaired) electrons. The molecule has 1 atom stereocenters. The molecule has 114 valence electrons. The average Bonchev–Trinajstić information content (AvgIpc) is 2.42. The molecule has 3 nitrogen and oxygen atoms in total. The van der Waals surface area contributed by atoms with E-state index in [-0.39, 0.29) is 0 Å². The molecule has 1 aliphatic rings. The van der Waals surface area contributed by atoms with Crippen molar-refractivity contribution < 1.29 is 0 Å². The molecule has 3 heteroatoms. The predicted molar refractivity (Wildman–Crippen MR) is 84.5 cm³/mol. The van der Waals surface area contributed by atoms with Crippen LogP contribution in [0.3, 0.4) is 0 Å². The van der Waals surface area contributed by atoms with Gasteiger partial charge in [-0.25, -0.2) is 0 Å². The fraction of sp³-hybridized carbons (Fsp3) is 1.00. The van der Waals surface area contributed by atoms with Crippen LogP contribution in [0.5, 0.6) is 0 Å². The summed E-state index contributed by atoms with van der Waals surface area (Å²) in [6.45, 7) is 6.60. The van der Waals surface area contributed by atoms with E-state index in [1.54, 1.807) is 0 Å². The van der Waals surface area contributed by atoms with Crippen molar-refractivity contribution in [2.24, 2.45) is 11.7 Å². The highest BCUT2D eigenvalue weighted by Crippen LogP contribution is 2.28. The molecule has 0 spiro atoms. The van der Waals surface area contributed by atoms with Gasteiger partial charge in [-0.3, -0.25) is 4.90 Å². The van der Waals surface area contributed by atoms with E-state index in [1.165, 1.54) is 51.5 Å². The van der Waals surface area contributed by atoms with Crippen LogP contribution in [0, 0.1) is 5.92 Å². The van der Waals surface area contributed by atoms with Crippen molar-refractivity contribution in [2.75, 3.05) is 40.3 Å². The van der Waals surface area contributed by atoms with E-state index in [0.717, 1.165) is 25.6 Å². The minimum absolute atomic E-state index is 0.600. The molecule has 19 heavy (non-hydrogen) atoms. The van der Waals surface area contributed by atoms with E-state index in [0.29, 0.717) is 6.04 Å². The van der Waals surface area contributed by atoms with Crippen molar-refractivity contribution in [1.29, 1.82) is 0 Å². The third kappa shape index (κ3) is 6.73. The van der Waals surface area contributed by atoms with Crippen LogP contribution >= 0.6 is 0 Å². The Morgan fingerprint density at radius 3 is 2.26 bits per heavy atom. The summed E-state index contributed by atoms with van der Waals surface area (Å²) in [6.07, 6.45) is 9.75. The molecule has 0 aromatic rings. The van der Waals surface area contributed by atoms with Gasteiger partial charge in [-0.05, 0) is 39.4 Å². The van der Waals surface area contributed by atoms with Crippen LogP contribution in [0.25, 0.3) is 0 Å². The molecule has 0 aliphatic heterocycles. The maximum absolute atomic E-state index is 6.07. The van der Waals surface area contributed by atoms with Crippen LogP contribution in [0.1, 0.15) is 51.9 Å². The summed E-state index contributed by atoms with van der Waals surface area (Å²) in [5.74, 6) is 0.931. The van der Waals surface area contributed by atoms with Crippen molar-refractivity contribution in [1.82, 2.24) is 9.80 Å². The zero-order valence-electron chi connectivity index (χ0n) is 13.4. The fourth-order valence-corrected chi connectivity index (χ4v) is 3.29. The molecule has 1 rings (SSSR count). The topological polar surface area (TPSA) is 32.5 Å². The minimum atomic E-state index is 0.600. The van der Waals surface area contributed by atoms with Crippen molar-refractivity contribution in [2.45, 2.75) is 57.9 Å². The number of nitrogens with zero attached hydrogens (tertiary/aromatic N) is 2. The van der Waals surface area contributed by atoms with Gasteiger partial charge in [-0.1, -0.05) is 39.0 Å². The van der Waals surface area contributed by atoms with Crippen LogP contribution in [0.4, 0.5) is 0 Å². The highest BCUT2D eigenvalue weighted by atomic mass is 15.2. The number of hydrogen-bond donors (Lipinski definition) is 1. The molecule has 1 aliphatic carbocycles. The highest BCUT2D eigenvalue weighted by Gasteiger charge is 2.22. The van der Waals surface area contributed by atoms with Crippen molar-refractivity contribution in [3.63, 3.8) is 0 Å². The SMILES string of the molecule is CCCN(CCN(C)C)C(CN)CC1CCCCC1. The summed E-state index contributed by atoms with van der Waals surface area (Å²) in [4.78, 5) is 4.91. The molecule has 0 heterocycles. The Bertz CT molecular complexity index is 212. The number of rotatable bonds is 9. The molecule has 0 bridgehead atoms. The molecule has 0 aromatic carbocycles. The van der Waals surface area contributed by atoms with Gasteiger partial charge in [0.25, 0.3) is 0 Å². The fourth-order valence-electron chi connectivity index (χ4n) is 3.29. The molecule has 1 saturated carbocycles. The smallest absolute Gasteiger partial charge is 0.0221 e. The largest absolute Gasteiger partial charge is 0.329 e. The Hall–Kier alpha value is -0.120. The van der Waals surface area contributed by atoms with Crippen molar-refractivity contribution in [3.05, 3.63) is 0 Å². The lowest BCUT2D eigenvalue weighted by Gasteiger charge is -2.35. The van der Waals surface area contributed by atoms with Crippen LogP contribution in [0.2, 0.25) is 0 Å². The minimum Gasteiger partial charge on any atom is -0.329 e. The second kappa shape index (κ2) is 9.73. The maximum atomic E-state index is 6.07. The quantitative estimate of drug-likeness (QED) is 0.698. The second-order valence-corrected chi connectivity index (χ2v) is 6.47. The van der Waals surface area contributed by atoms with E-state index in [2.05, 4.69) is 30.8 Å². The molecular weight excluding hydrogens is 234 g/mol. The second-order valence-electron chi connectivity index (χ2n) is 6.47. The zero-order chi connectivity index (χ0) is 14.1. The van der Waals surface area contributed by atoms with Gasteiger partial charge in [0, 0.05) is 25.7 Å². The highest BCUT2D eigenvalue weighted by molar-refractivity contribution is 4.78. The van der Waals surface area contributed by atoms with E-state index in [9.17, 15) is 0 Å². The Morgan fingerprint density at radius 2 is 1.74 bits per heavy atom. The van der Waals surface area contributed by atoms with Gasteiger partial charge in [0.1, 0.15) is 0 Å². The third-order valence-corrected chi connectivity index (χ3v) is 4.46. The molecular formula is C16H35N3. The average molecular weight is 269 g/mol. The lowest BCUT2D eigenvalue weighted by atomic mass is 9.84. The van der Waals surface area contributed by atoms with Gasteiger partial charge in [0.15, 0.2) is 0 Å². The van der Waals surface area contributed by atoms with Gasteiger partial charge in [-0.15, -0.1) is 0 Å². The van der Waals surface area contributed by atoms with E-state index in [4.69, 9.17) is 5.73 Å². The van der Waals surface area contributed by atoms with Crippen molar-refractivity contribution in [3.8, 4) is 0 Å². The van der Waals surface area contributed by atoms with Gasteiger partial charge in [0.2, 0.25) is 0 Å². The van der Waals surface area contributed by atoms with Gasteiger partial charge < -0.3 is 10.6 Å². The first-order valence-electron chi connectivity index (χ1n) is 8.26. The summed E-state index contributed by atoms with van der Waals surface area (Å²) < 4.78 is 0. The van der Waals surface area contributed by atoms with Crippen LogP contribution in [-0.4, -0.2) is 56.1 Å². The van der Waals surface area contributed by atoms with E-state index < -0.39 is 0 Å². The Balaban J connectivity index is 2.45. The third-order valence-electron chi connectivity index (χ3n) is 4.46. The number of hydrogen-bond acceptors (Lipinski definition) is 3. The van der Waals surface area contributed by atoms with E-state index >= 15 is 0 Å². The first-order valence-corrected chi connectivity index (χ1v) is 8.26. The molecule has 0 aromatic heterocycles. The first-order chi connectivity index (χ1) is 9.17. The van der Waals surface area contributed by atoms with Gasteiger partial charge in [0.05, 0.1) is 0 Å². The molecule has 0 amide bonds. The standard InChI is InChI=1S/C16H35N3/c1-4-10-19(12-11-18(2)3)16(14-17)13-15-8-6-5-7-9-15/h15-16H,4-14,17H2,1-3H3. The zero-order valence-corrected chi connectivity index (χ0v) is 13.4. The number of likely N-dealkylation sites (N-methyl/N-ethyl adjacent to an activating group) is 1. The van der Waals surface area contributed by atoms with Gasteiger partial charge in [-0.2, -0.15) is 0 Å². The molecule has 2 N–H and O–H groups in total. The Morgan fingerprint density at radius 1 is 1.05 bits per heavy atom. The lowest BCUT2D eigenvalue weighted by Crippen LogP contribution is -2.45. The summed E-state index contributed by atoms with van der Waals surface area (Å²) in [7, 11) is 4.31.